The van der Waals surface area contributed by atoms with Crippen molar-refractivity contribution in [2.45, 2.75) is 25.6 Å². The fourth-order valence-corrected chi connectivity index (χ4v) is 3.21. The zero-order valence-electron chi connectivity index (χ0n) is 13.3. The number of nitro groups is 1. The van der Waals surface area contributed by atoms with Crippen molar-refractivity contribution in [3.63, 3.8) is 0 Å². The van der Waals surface area contributed by atoms with Crippen molar-refractivity contribution in [2.24, 2.45) is 0 Å². The van der Waals surface area contributed by atoms with Crippen molar-refractivity contribution in [1.82, 2.24) is 14.8 Å². The summed E-state index contributed by atoms with van der Waals surface area (Å²) in [6.45, 7) is -0.0568. The predicted octanol–water partition coefficient (Wildman–Crippen LogP) is 4.10. The van der Waals surface area contributed by atoms with Gasteiger partial charge < -0.3 is 0 Å². The average Bonchev–Trinajstić information content (AvgIpc) is 3.21. The topological polar surface area (TPSA) is 73.8 Å². The largest absolute Gasteiger partial charge is 0.442 e. The van der Waals surface area contributed by atoms with Gasteiger partial charge in [0, 0.05) is 11.8 Å². The Balaban J connectivity index is 1.70. The lowest BCUT2D eigenvalue weighted by atomic mass is 10.1. The number of hydrogen-bond donors (Lipinski definition) is 0. The number of nitrogens with zero attached hydrogens (tertiary/aromatic N) is 4. The van der Waals surface area contributed by atoms with E-state index in [1.54, 1.807) is 5.38 Å². The quantitative estimate of drug-likeness (QED) is 0.475. The molecule has 10 heteroatoms. The zero-order chi connectivity index (χ0) is 18.7. The van der Waals surface area contributed by atoms with Crippen LogP contribution in [0.4, 0.5) is 18.9 Å². The molecular weight excluding hydrogens is 369 g/mol. The summed E-state index contributed by atoms with van der Waals surface area (Å²) in [7, 11) is 0. The molecule has 0 fully saturated rings. The fraction of sp³-hybridized carbons (Fsp3) is 0.250. The Kier molecular flexibility index (Phi) is 5.03. The number of halogens is 3. The van der Waals surface area contributed by atoms with Crippen molar-refractivity contribution in [2.75, 3.05) is 0 Å². The number of aromatic nitrogens is 3. The number of hydrogen-bond acceptors (Lipinski definition) is 5. The van der Waals surface area contributed by atoms with Crippen molar-refractivity contribution in [3.05, 3.63) is 74.0 Å². The van der Waals surface area contributed by atoms with E-state index in [2.05, 4.69) is 10.1 Å². The van der Waals surface area contributed by atoms with Crippen molar-refractivity contribution < 1.29 is 18.1 Å². The van der Waals surface area contributed by atoms with Crippen molar-refractivity contribution >= 4 is 17.0 Å². The molecule has 0 amide bonds. The lowest BCUT2D eigenvalue weighted by Crippen LogP contribution is -2.10. The summed E-state index contributed by atoms with van der Waals surface area (Å²) in [5.74, 6) is 0. The van der Waals surface area contributed by atoms with Crippen molar-refractivity contribution in [3.8, 4) is 0 Å². The molecule has 3 aromatic rings. The summed E-state index contributed by atoms with van der Waals surface area (Å²) in [5, 5.41) is 16.7. The van der Waals surface area contributed by atoms with Crippen LogP contribution in [0.25, 0.3) is 0 Å². The van der Waals surface area contributed by atoms with Crippen LogP contribution < -0.4 is 0 Å². The smallest absolute Gasteiger partial charge is 0.259 e. The van der Waals surface area contributed by atoms with Gasteiger partial charge in [-0.05, 0) is 12.0 Å². The minimum atomic E-state index is -4.88. The maximum absolute atomic E-state index is 12.8. The first-order chi connectivity index (χ1) is 12.3. The minimum absolute atomic E-state index is 0.0568. The molecule has 0 aliphatic rings. The summed E-state index contributed by atoms with van der Waals surface area (Å²) < 4.78 is 39.4. The molecule has 0 saturated carbocycles. The molecule has 6 nitrogen and oxygen atoms in total. The molecule has 136 valence electrons. The van der Waals surface area contributed by atoms with Gasteiger partial charge in [-0.15, -0.1) is 11.3 Å². The highest BCUT2D eigenvalue weighted by atomic mass is 32.1. The SMILES string of the molecule is O=[N+]([O-])c1cn(Cc2csc(CCc3ccccc3)n2)nc1C(F)(F)F. The molecule has 0 spiro atoms. The van der Waals surface area contributed by atoms with E-state index < -0.39 is 22.5 Å². The molecular formula is C16H13F3N4O2S. The van der Waals surface area contributed by atoms with Crippen LogP contribution in [0.15, 0.2) is 41.9 Å². The molecule has 0 unspecified atom stereocenters. The summed E-state index contributed by atoms with van der Waals surface area (Å²) in [6, 6.07) is 9.85. The molecule has 2 aromatic heterocycles. The van der Waals surface area contributed by atoms with Gasteiger partial charge in [-0.25, -0.2) is 4.98 Å². The van der Waals surface area contributed by atoms with Gasteiger partial charge in [-0.3, -0.25) is 14.8 Å². The van der Waals surface area contributed by atoms with Crippen LogP contribution >= 0.6 is 11.3 Å². The van der Waals surface area contributed by atoms with Gasteiger partial charge in [0.25, 0.3) is 0 Å². The molecule has 0 N–H and O–H groups in total. The third kappa shape index (κ3) is 4.26. The number of rotatable bonds is 6. The van der Waals surface area contributed by atoms with E-state index in [-0.39, 0.29) is 6.54 Å². The number of thiazole rings is 1. The second-order valence-corrected chi connectivity index (χ2v) is 6.48. The Bertz CT molecular complexity index is 906. The maximum Gasteiger partial charge on any atom is 0.442 e. The Hall–Kier alpha value is -2.75. The van der Waals surface area contributed by atoms with E-state index in [1.807, 2.05) is 30.3 Å². The number of alkyl halides is 3. The summed E-state index contributed by atoms with van der Waals surface area (Å²) in [4.78, 5) is 14.1. The van der Waals surface area contributed by atoms with E-state index in [1.165, 1.54) is 16.9 Å². The van der Waals surface area contributed by atoms with Crippen LogP contribution in [0.3, 0.4) is 0 Å². The Morgan fingerprint density at radius 2 is 1.92 bits per heavy atom. The summed E-state index contributed by atoms with van der Waals surface area (Å²) >= 11 is 1.40. The summed E-state index contributed by atoms with van der Waals surface area (Å²) in [5.41, 5.74) is -0.870. The lowest BCUT2D eigenvalue weighted by molar-refractivity contribution is -0.388. The van der Waals surface area contributed by atoms with Gasteiger partial charge in [0.2, 0.25) is 5.69 Å². The van der Waals surface area contributed by atoms with Crippen LogP contribution in [0, 0.1) is 10.1 Å². The molecule has 1 aromatic carbocycles. The van der Waals surface area contributed by atoms with Gasteiger partial charge in [0.05, 0.1) is 22.2 Å². The van der Waals surface area contributed by atoms with E-state index in [0.717, 1.165) is 22.3 Å². The van der Waals surface area contributed by atoms with Gasteiger partial charge in [0.15, 0.2) is 0 Å². The molecule has 0 aliphatic carbocycles. The molecule has 0 aliphatic heterocycles. The van der Waals surface area contributed by atoms with Crippen LogP contribution in [-0.2, 0) is 25.6 Å². The molecule has 3 rings (SSSR count). The monoisotopic (exact) mass is 382 g/mol. The van der Waals surface area contributed by atoms with Crippen LogP contribution in [0.2, 0.25) is 0 Å². The molecule has 2 heterocycles. The summed E-state index contributed by atoms with van der Waals surface area (Å²) in [6.07, 6.45) is -2.58. The van der Waals surface area contributed by atoms with E-state index in [4.69, 9.17) is 0 Å². The molecule has 0 radical (unpaired) electrons. The second kappa shape index (κ2) is 7.24. The standard InChI is InChI=1S/C16H13F3N4O2S/c17-16(18,19)15-13(23(24)25)9-22(21-15)8-12-10-26-14(20-12)7-6-11-4-2-1-3-5-11/h1-5,9-10H,6-8H2. The van der Waals surface area contributed by atoms with Crippen LogP contribution in [0.1, 0.15) is 22.0 Å². The lowest BCUT2D eigenvalue weighted by Gasteiger charge is -2.01. The highest BCUT2D eigenvalue weighted by Crippen LogP contribution is 2.34. The van der Waals surface area contributed by atoms with Crippen molar-refractivity contribution in [1.29, 1.82) is 0 Å². The first-order valence-electron chi connectivity index (χ1n) is 7.59. The van der Waals surface area contributed by atoms with Crippen LogP contribution in [0.5, 0.6) is 0 Å². The van der Waals surface area contributed by atoms with Gasteiger partial charge in [-0.1, -0.05) is 30.3 Å². The van der Waals surface area contributed by atoms with E-state index in [0.29, 0.717) is 12.1 Å². The highest BCUT2D eigenvalue weighted by Gasteiger charge is 2.42. The predicted molar refractivity (Wildman–Crippen MR) is 88.9 cm³/mol. The normalized spacial score (nSPS) is 11.7. The maximum atomic E-state index is 12.8. The molecule has 26 heavy (non-hydrogen) atoms. The Morgan fingerprint density at radius 1 is 1.19 bits per heavy atom. The molecule has 0 atom stereocenters. The number of benzene rings is 1. The Labute approximate surface area is 150 Å². The van der Waals surface area contributed by atoms with E-state index >= 15 is 0 Å². The van der Waals surface area contributed by atoms with Gasteiger partial charge in [-0.2, -0.15) is 18.3 Å². The van der Waals surface area contributed by atoms with E-state index in [9.17, 15) is 23.3 Å². The fourth-order valence-electron chi connectivity index (χ4n) is 2.43. The number of aryl methyl sites for hydroxylation is 2. The van der Waals surface area contributed by atoms with Gasteiger partial charge >= 0.3 is 11.9 Å². The highest BCUT2D eigenvalue weighted by molar-refractivity contribution is 7.09. The molecule has 0 saturated heterocycles. The first-order valence-corrected chi connectivity index (χ1v) is 8.47. The average molecular weight is 382 g/mol. The molecule has 0 bridgehead atoms. The third-order valence-electron chi connectivity index (χ3n) is 3.60. The second-order valence-electron chi connectivity index (χ2n) is 5.53. The first kappa shape index (κ1) is 18.1. The van der Waals surface area contributed by atoms with Crippen LogP contribution in [-0.4, -0.2) is 19.7 Å². The minimum Gasteiger partial charge on any atom is -0.259 e. The third-order valence-corrected chi connectivity index (χ3v) is 4.56. The Morgan fingerprint density at radius 3 is 2.54 bits per heavy atom. The van der Waals surface area contributed by atoms with Gasteiger partial charge in [0.1, 0.15) is 6.20 Å². The zero-order valence-corrected chi connectivity index (χ0v) is 14.1.